The molecule has 0 aliphatic carbocycles. The fourth-order valence-electron chi connectivity index (χ4n) is 2.46. The first kappa shape index (κ1) is 15.6. The van der Waals surface area contributed by atoms with Crippen LogP contribution in [-0.2, 0) is 4.74 Å². The van der Waals surface area contributed by atoms with Crippen molar-refractivity contribution in [1.82, 2.24) is 4.90 Å². The second kappa shape index (κ2) is 6.30. The molecule has 1 aromatic rings. The molecule has 0 radical (unpaired) electrons. The van der Waals surface area contributed by atoms with Gasteiger partial charge in [0.05, 0.1) is 24.3 Å². The molecule has 1 aliphatic rings. The Kier molecular flexibility index (Phi) is 4.66. The third-order valence-corrected chi connectivity index (χ3v) is 3.60. The standard InChI is InChI=1S/C17H21NO3/c1-13-6-7-15(14(11-13)5-4-9-19)16(20)18-8-10-21-12-17(18,2)3/h6-7,11,19H,8-10,12H2,1-3H3. The van der Waals surface area contributed by atoms with Gasteiger partial charge in [-0.15, -0.1) is 0 Å². The van der Waals surface area contributed by atoms with Gasteiger partial charge in [-0.3, -0.25) is 4.79 Å². The fourth-order valence-corrected chi connectivity index (χ4v) is 2.46. The Bertz CT molecular complexity index is 596. The highest BCUT2D eigenvalue weighted by molar-refractivity contribution is 5.97. The highest BCUT2D eigenvalue weighted by atomic mass is 16.5. The van der Waals surface area contributed by atoms with Crippen molar-refractivity contribution in [1.29, 1.82) is 0 Å². The van der Waals surface area contributed by atoms with Crippen LogP contribution in [0.15, 0.2) is 18.2 Å². The quantitative estimate of drug-likeness (QED) is 0.798. The lowest BCUT2D eigenvalue weighted by atomic mass is 9.98. The summed E-state index contributed by atoms with van der Waals surface area (Å²) in [5, 5.41) is 8.87. The molecule has 0 spiro atoms. The Hall–Kier alpha value is -1.83. The summed E-state index contributed by atoms with van der Waals surface area (Å²) in [5.74, 6) is 5.46. The molecule has 2 rings (SSSR count). The summed E-state index contributed by atoms with van der Waals surface area (Å²) in [4.78, 5) is 14.7. The third kappa shape index (κ3) is 3.44. The number of aliphatic hydroxyl groups excluding tert-OH is 1. The number of carbonyl (C=O) groups excluding carboxylic acids is 1. The Morgan fingerprint density at radius 1 is 1.48 bits per heavy atom. The molecule has 1 aliphatic heterocycles. The monoisotopic (exact) mass is 287 g/mol. The van der Waals surface area contributed by atoms with E-state index in [9.17, 15) is 4.79 Å². The average Bonchev–Trinajstić information content (AvgIpc) is 2.44. The summed E-state index contributed by atoms with van der Waals surface area (Å²) in [6, 6.07) is 5.60. The third-order valence-electron chi connectivity index (χ3n) is 3.60. The van der Waals surface area contributed by atoms with Crippen molar-refractivity contribution >= 4 is 5.91 Å². The fraction of sp³-hybridized carbons (Fsp3) is 0.471. The molecule has 1 heterocycles. The molecule has 1 amide bonds. The number of amides is 1. The second-order valence-corrected chi connectivity index (χ2v) is 5.83. The van der Waals surface area contributed by atoms with Crippen molar-refractivity contribution in [3.05, 3.63) is 34.9 Å². The SMILES string of the molecule is Cc1ccc(C(=O)N2CCOCC2(C)C)c(C#CCO)c1. The van der Waals surface area contributed by atoms with E-state index in [1.54, 1.807) is 0 Å². The second-order valence-electron chi connectivity index (χ2n) is 5.83. The maximum Gasteiger partial charge on any atom is 0.255 e. The van der Waals surface area contributed by atoms with Crippen LogP contribution in [0.4, 0.5) is 0 Å². The van der Waals surface area contributed by atoms with E-state index in [1.807, 2.05) is 43.9 Å². The number of hydrogen-bond acceptors (Lipinski definition) is 3. The zero-order valence-electron chi connectivity index (χ0n) is 12.8. The van der Waals surface area contributed by atoms with Crippen molar-refractivity contribution in [3.8, 4) is 11.8 Å². The van der Waals surface area contributed by atoms with Gasteiger partial charge in [0.15, 0.2) is 0 Å². The van der Waals surface area contributed by atoms with E-state index >= 15 is 0 Å². The number of benzene rings is 1. The number of hydrogen-bond donors (Lipinski definition) is 1. The molecule has 0 saturated carbocycles. The maximum atomic E-state index is 12.9. The van der Waals surface area contributed by atoms with Crippen LogP contribution in [0, 0.1) is 18.8 Å². The maximum absolute atomic E-state index is 12.9. The van der Waals surface area contributed by atoms with Gasteiger partial charge >= 0.3 is 0 Å². The van der Waals surface area contributed by atoms with Gasteiger partial charge in [-0.25, -0.2) is 0 Å². The first-order valence-electron chi connectivity index (χ1n) is 7.06. The van der Waals surface area contributed by atoms with E-state index in [1.165, 1.54) is 0 Å². The van der Waals surface area contributed by atoms with E-state index in [2.05, 4.69) is 11.8 Å². The lowest BCUT2D eigenvalue weighted by molar-refractivity contribution is -0.0370. The molecular formula is C17H21NO3. The zero-order valence-corrected chi connectivity index (χ0v) is 12.8. The van der Waals surface area contributed by atoms with Crippen LogP contribution >= 0.6 is 0 Å². The predicted octanol–water partition coefficient (Wildman–Crippen LogP) is 1.59. The van der Waals surface area contributed by atoms with Gasteiger partial charge in [-0.05, 0) is 38.5 Å². The van der Waals surface area contributed by atoms with E-state index in [-0.39, 0.29) is 18.1 Å². The number of morpholine rings is 1. The van der Waals surface area contributed by atoms with E-state index in [0.29, 0.717) is 30.9 Å². The van der Waals surface area contributed by atoms with Gasteiger partial charge in [0.1, 0.15) is 6.61 Å². The van der Waals surface area contributed by atoms with Crippen LogP contribution in [0.1, 0.15) is 35.3 Å². The molecule has 4 heteroatoms. The number of carbonyl (C=O) groups is 1. The van der Waals surface area contributed by atoms with Gasteiger partial charge in [0.25, 0.3) is 5.91 Å². The Labute approximate surface area is 125 Å². The lowest BCUT2D eigenvalue weighted by Gasteiger charge is -2.42. The average molecular weight is 287 g/mol. The summed E-state index contributed by atoms with van der Waals surface area (Å²) in [6.45, 7) is 7.39. The molecule has 1 saturated heterocycles. The van der Waals surface area contributed by atoms with Gasteiger partial charge in [-0.1, -0.05) is 17.9 Å². The molecule has 0 aromatic heterocycles. The first-order chi connectivity index (χ1) is 9.95. The number of ether oxygens (including phenoxy) is 1. The topological polar surface area (TPSA) is 49.8 Å². The summed E-state index contributed by atoms with van der Waals surface area (Å²) < 4.78 is 5.46. The van der Waals surface area contributed by atoms with Crippen molar-refractivity contribution in [3.63, 3.8) is 0 Å². The predicted molar refractivity (Wildman–Crippen MR) is 81.1 cm³/mol. The van der Waals surface area contributed by atoms with E-state index in [0.717, 1.165) is 5.56 Å². The molecule has 21 heavy (non-hydrogen) atoms. The van der Waals surface area contributed by atoms with Crippen molar-refractivity contribution in [2.75, 3.05) is 26.4 Å². The molecule has 112 valence electrons. The van der Waals surface area contributed by atoms with Crippen LogP contribution < -0.4 is 0 Å². The molecule has 0 atom stereocenters. The highest BCUT2D eigenvalue weighted by Gasteiger charge is 2.35. The summed E-state index contributed by atoms with van der Waals surface area (Å²) >= 11 is 0. The van der Waals surface area contributed by atoms with Crippen molar-refractivity contribution < 1.29 is 14.6 Å². The number of nitrogens with zero attached hydrogens (tertiary/aromatic N) is 1. The van der Waals surface area contributed by atoms with Crippen LogP contribution in [0.25, 0.3) is 0 Å². The minimum absolute atomic E-state index is 0.0365. The highest BCUT2D eigenvalue weighted by Crippen LogP contribution is 2.23. The van der Waals surface area contributed by atoms with Gasteiger partial charge in [0.2, 0.25) is 0 Å². The summed E-state index contributed by atoms with van der Waals surface area (Å²) in [5.41, 5.74) is 1.95. The van der Waals surface area contributed by atoms with Crippen molar-refractivity contribution in [2.24, 2.45) is 0 Å². The smallest absolute Gasteiger partial charge is 0.255 e. The largest absolute Gasteiger partial charge is 0.384 e. The first-order valence-corrected chi connectivity index (χ1v) is 7.06. The van der Waals surface area contributed by atoms with Crippen LogP contribution in [0.2, 0.25) is 0 Å². The van der Waals surface area contributed by atoms with E-state index < -0.39 is 0 Å². The lowest BCUT2D eigenvalue weighted by Crippen LogP contribution is -2.55. The normalized spacial score (nSPS) is 17.0. The minimum atomic E-state index is -0.331. The molecule has 0 bridgehead atoms. The Morgan fingerprint density at radius 3 is 2.90 bits per heavy atom. The minimum Gasteiger partial charge on any atom is -0.384 e. The molecular weight excluding hydrogens is 266 g/mol. The zero-order chi connectivity index (χ0) is 15.5. The summed E-state index contributed by atoms with van der Waals surface area (Å²) in [6.07, 6.45) is 0. The molecule has 4 nitrogen and oxygen atoms in total. The van der Waals surface area contributed by atoms with Crippen LogP contribution in [-0.4, -0.2) is 47.8 Å². The molecule has 1 N–H and O–H groups in total. The Balaban J connectivity index is 2.38. The Morgan fingerprint density at radius 2 is 2.24 bits per heavy atom. The molecule has 0 unspecified atom stereocenters. The number of rotatable bonds is 1. The number of aryl methyl sites for hydroxylation is 1. The molecule has 1 aromatic carbocycles. The summed E-state index contributed by atoms with van der Waals surface area (Å²) in [7, 11) is 0. The van der Waals surface area contributed by atoms with Crippen molar-refractivity contribution in [2.45, 2.75) is 26.3 Å². The van der Waals surface area contributed by atoms with E-state index in [4.69, 9.17) is 9.84 Å². The van der Waals surface area contributed by atoms with Gasteiger partial charge in [-0.2, -0.15) is 0 Å². The van der Waals surface area contributed by atoms with Gasteiger partial charge < -0.3 is 14.7 Å². The van der Waals surface area contributed by atoms with Gasteiger partial charge in [0, 0.05) is 12.1 Å². The number of aliphatic hydroxyl groups is 1. The van der Waals surface area contributed by atoms with Crippen LogP contribution in [0.3, 0.4) is 0 Å². The van der Waals surface area contributed by atoms with Crippen LogP contribution in [0.5, 0.6) is 0 Å². The molecule has 1 fully saturated rings.